The van der Waals surface area contributed by atoms with Gasteiger partial charge in [-0.25, -0.2) is 9.97 Å². The van der Waals surface area contributed by atoms with Gasteiger partial charge in [-0.15, -0.1) is 0 Å². The maximum atomic E-state index is 12.4. The molecule has 2 N–H and O–H groups in total. The number of piperazine rings is 1. The largest absolute Gasteiger partial charge is 0.382 e. The fourth-order valence-corrected chi connectivity index (χ4v) is 3.51. The Morgan fingerprint density at radius 1 is 1.33 bits per heavy atom. The summed E-state index contributed by atoms with van der Waals surface area (Å²) in [6.45, 7) is 3.87. The average Bonchev–Trinajstić information content (AvgIpc) is 3.41. The molecule has 9 nitrogen and oxygen atoms in total. The Morgan fingerprint density at radius 2 is 2.11 bits per heavy atom. The average molecular weight is 366 g/mol. The van der Waals surface area contributed by atoms with Crippen molar-refractivity contribution in [2.75, 3.05) is 30.3 Å². The molecule has 0 bridgehead atoms. The maximum Gasteiger partial charge on any atom is 0.226 e. The predicted octanol–water partition coefficient (Wildman–Crippen LogP) is 0.778. The molecule has 3 heterocycles. The lowest BCUT2D eigenvalue weighted by atomic mass is 10.1. The van der Waals surface area contributed by atoms with Gasteiger partial charge in [0.1, 0.15) is 17.5 Å². The number of rotatable bonds is 3. The summed E-state index contributed by atoms with van der Waals surface area (Å²) in [5.41, 5.74) is 7.07. The molecule has 2 fully saturated rings. The van der Waals surface area contributed by atoms with Crippen LogP contribution in [0.2, 0.25) is 0 Å². The third-order valence-electron chi connectivity index (χ3n) is 5.13. The molecule has 2 aromatic heterocycles. The number of nitrogen functional groups attached to an aromatic ring is 1. The van der Waals surface area contributed by atoms with Crippen molar-refractivity contribution in [1.82, 2.24) is 24.6 Å². The molecule has 4 rings (SSSR count). The third kappa shape index (κ3) is 3.18. The van der Waals surface area contributed by atoms with Crippen LogP contribution in [0, 0.1) is 17.2 Å². The molecule has 0 spiro atoms. The topological polar surface area (TPSA) is 117 Å². The Morgan fingerprint density at radius 3 is 2.70 bits per heavy atom. The number of aryl methyl sites for hydroxylation is 1. The van der Waals surface area contributed by atoms with Crippen molar-refractivity contribution < 1.29 is 4.79 Å². The molecule has 9 heteroatoms. The number of hydrogen-bond donors (Lipinski definition) is 1. The summed E-state index contributed by atoms with van der Waals surface area (Å²) in [5.74, 6) is 1.58. The van der Waals surface area contributed by atoms with Crippen molar-refractivity contribution in [2.45, 2.75) is 25.8 Å². The summed E-state index contributed by atoms with van der Waals surface area (Å²) in [6, 6.07) is 2.18. The van der Waals surface area contributed by atoms with Crippen molar-refractivity contribution in [1.29, 1.82) is 5.26 Å². The minimum atomic E-state index is 0.0522. The molecule has 2 aliphatic rings. The van der Waals surface area contributed by atoms with E-state index in [2.05, 4.69) is 21.1 Å². The van der Waals surface area contributed by atoms with Crippen LogP contribution >= 0.6 is 0 Å². The number of hydrogen-bond acceptors (Lipinski definition) is 7. The number of amides is 1. The number of nitrogens with zero attached hydrogens (tertiary/aromatic N) is 7. The molecule has 1 amide bonds. The van der Waals surface area contributed by atoms with Crippen LogP contribution in [0.15, 0.2) is 12.4 Å². The van der Waals surface area contributed by atoms with E-state index < -0.39 is 0 Å². The van der Waals surface area contributed by atoms with Gasteiger partial charge in [-0.1, -0.05) is 0 Å². The molecule has 1 saturated carbocycles. The molecular formula is C18H22N8O. The van der Waals surface area contributed by atoms with Crippen LogP contribution in [-0.4, -0.2) is 56.2 Å². The van der Waals surface area contributed by atoms with Crippen LogP contribution in [0.3, 0.4) is 0 Å². The number of nitrogens with two attached hydrogens (primary N) is 1. The first-order valence-electron chi connectivity index (χ1n) is 9.10. The number of carbonyl (C=O) groups excluding carboxylic acids is 1. The molecule has 27 heavy (non-hydrogen) atoms. The zero-order valence-electron chi connectivity index (χ0n) is 15.5. The molecule has 1 saturated heterocycles. The monoisotopic (exact) mass is 366 g/mol. The first-order chi connectivity index (χ1) is 13.0. The predicted molar refractivity (Wildman–Crippen MR) is 99.5 cm³/mol. The van der Waals surface area contributed by atoms with Gasteiger partial charge in [0, 0.05) is 44.8 Å². The van der Waals surface area contributed by atoms with E-state index in [1.54, 1.807) is 17.1 Å². The van der Waals surface area contributed by atoms with Crippen LogP contribution in [0.4, 0.5) is 11.6 Å². The fourth-order valence-electron chi connectivity index (χ4n) is 3.51. The van der Waals surface area contributed by atoms with E-state index in [4.69, 9.17) is 5.73 Å². The highest BCUT2D eigenvalue weighted by Crippen LogP contribution is 2.33. The van der Waals surface area contributed by atoms with Gasteiger partial charge in [-0.3, -0.25) is 9.48 Å². The van der Waals surface area contributed by atoms with Crippen LogP contribution in [0.1, 0.15) is 25.3 Å². The summed E-state index contributed by atoms with van der Waals surface area (Å²) < 4.78 is 1.66. The summed E-state index contributed by atoms with van der Waals surface area (Å²) in [6.07, 6.45) is 5.47. The van der Waals surface area contributed by atoms with Gasteiger partial charge in [0.05, 0.1) is 11.8 Å². The zero-order chi connectivity index (χ0) is 19.1. The van der Waals surface area contributed by atoms with E-state index >= 15 is 0 Å². The van der Waals surface area contributed by atoms with Crippen LogP contribution in [0.25, 0.3) is 11.4 Å². The van der Waals surface area contributed by atoms with E-state index in [1.165, 1.54) is 0 Å². The third-order valence-corrected chi connectivity index (χ3v) is 5.13. The lowest BCUT2D eigenvalue weighted by Crippen LogP contribution is -2.55. The lowest BCUT2D eigenvalue weighted by molar-refractivity contribution is -0.134. The summed E-state index contributed by atoms with van der Waals surface area (Å²) in [4.78, 5) is 25.3. The minimum Gasteiger partial charge on any atom is -0.382 e. The quantitative estimate of drug-likeness (QED) is 0.853. The second kappa shape index (κ2) is 6.54. The van der Waals surface area contributed by atoms with Gasteiger partial charge in [-0.2, -0.15) is 10.4 Å². The fraction of sp³-hybridized carbons (Fsp3) is 0.500. The Hall–Kier alpha value is -3.15. The maximum absolute atomic E-state index is 12.4. The SMILES string of the molecule is C[C@@H]1CN(c2nc(-c3cnn(C)c3)nc(N)c2C#N)CCN1C(=O)C1CC1. The minimum absolute atomic E-state index is 0.0522. The van der Waals surface area contributed by atoms with Gasteiger partial charge < -0.3 is 15.5 Å². The number of carbonyl (C=O) groups is 1. The van der Waals surface area contributed by atoms with Crippen LogP contribution in [-0.2, 0) is 11.8 Å². The van der Waals surface area contributed by atoms with Crippen molar-refractivity contribution in [3.63, 3.8) is 0 Å². The van der Waals surface area contributed by atoms with Gasteiger partial charge in [0.25, 0.3) is 0 Å². The molecular weight excluding hydrogens is 344 g/mol. The molecule has 1 atom stereocenters. The first kappa shape index (κ1) is 17.3. The first-order valence-corrected chi connectivity index (χ1v) is 9.10. The molecule has 2 aromatic rings. The number of nitriles is 1. The van der Waals surface area contributed by atoms with Crippen molar-refractivity contribution in [3.8, 4) is 17.5 Å². The Bertz CT molecular complexity index is 926. The van der Waals surface area contributed by atoms with Gasteiger partial charge in [-0.05, 0) is 19.8 Å². The zero-order valence-corrected chi connectivity index (χ0v) is 15.5. The highest BCUT2D eigenvalue weighted by atomic mass is 16.2. The highest BCUT2D eigenvalue weighted by Gasteiger charge is 2.38. The van der Waals surface area contributed by atoms with Crippen LogP contribution in [0.5, 0.6) is 0 Å². The van der Waals surface area contributed by atoms with Gasteiger partial charge >= 0.3 is 0 Å². The number of aromatic nitrogens is 4. The van der Waals surface area contributed by atoms with Gasteiger partial charge in [0.15, 0.2) is 11.6 Å². The summed E-state index contributed by atoms with van der Waals surface area (Å²) in [7, 11) is 1.81. The second-order valence-corrected chi connectivity index (χ2v) is 7.25. The number of anilines is 2. The smallest absolute Gasteiger partial charge is 0.226 e. The Labute approximate surface area is 157 Å². The van der Waals surface area contributed by atoms with Crippen molar-refractivity contribution in [3.05, 3.63) is 18.0 Å². The molecule has 0 radical (unpaired) electrons. The van der Waals surface area contributed by atoms with Crippen molar-refractivity contribution in [2.24, 2.45) is 13.0 Å². The highest BCUT2D eigenvalue weighted by molar-refractivity contribution is 5.81. The Balaban J connectivity index is 1.63. The summed E-state index contributed by atoms with van der Waals surface area (Å²) >= 11 is 0. The molecule has 0 aromatic carbocycles. The molecule has 1 aliphatic heterocycles. The summed E-state index contributed by atoms with van der Waals surface area (Å²) in [5, 5.41) is 13.7. The van der Waals surface area contributed by atoms with E-state index in [0.29, 0.717) is 31.3 Å². The molecule has 0 unspecified atom stereocenters. The van der Waals surface area contributed by atoms with E-state index in [9.17, 15) is 10.1 Å². The van der Waals surface area contributed by atoms with E-state index in [0.717, 1.165) is 18.4 Å². The van der Waals surface area contributed by atoms with E-state index in [-0.39, 0.29) is 29.2 Å². The normalized spacial score (nSPS) is 19.8. The van der Waals surface area contributed by atoms with Crippen LogP contribution < -0.4 is 10.6 Å². The standard InChI is InChI=1S/C18H22N8O/c1-11-9-25(5-6-26(11)18(27)12-3-4-12)17-14(7-19)15(20)22-16(23-17)13-8-21-24(2)10-13/h8,10-12H,3-6,9H2,1-2H3,(H2,20,22,23)/t11-/m1/s1. The molecule has 1 aliphatic carbocycles. The van der Waals surface area contributed by atoms with E-state index in [1.807, 2.05) is 23.8 Å². The molecule has 140 valence electrons. The Kier molecular flexibility index (Phi) is 4.18. The second-order valence-electron chi connectivity index (χ2n) is 7.25. The lowest BCUT2D eigenvalue weighted by Gasteiger charge is -2.40. The van der Waals surface area contributed by atoms with Gasteiger partial charge in [0.2, 0.25) is 5.91 Å². The van der Waals surface area contributed by atoms with Crippen molar-refractivity contribution >= 4 is 17.5 Å².